The number of rotatable bonds is 5. The summed E-state index contributed by atoms with van der Waals surface area (Å²) in [7, 11) is -2.95. The maximum Gasteiger partial charge on any atom is 0.148 e. The Kier molecular flexibility index (Phi) is 4.65. The molecule has 0 spiro atoms. The summed E-state index contributed by atoms with van der Waals surface area (Å²) in [6, 6.07) is 4.98. The van der Waals surface area contributed by atoms with Crippen LogP contribution in [0.5, 0.6) is 0 Å². The summed E-state index contributed by atoms with van der Waals surface area (Å²) in [5.41, 5.74) is 1.43. The fraction of sp³-hybridized carbons (Fsp3) is 0.500. The Bertz CT molecular complexity index is 485. The summed E-state index contributed by atoms with van der Waals surface area (Å²) >= 11 is 0. The van der Waals surface area contributed by atoms with Crippen molar-refractivity contribution in [2.45, 2.75) is 19.9 Å². The zero-order chi connectivity index (χ0) is 13.1. The predicted molar refractivity (Wildman–Crippen MR) is 67.3 cm³/mol. The second-order valence-corrected chi connectivity index (χ2v) is 6.57. The molecule has 5 heteroatoms. The number of aryl methyl sites for hydroxylation is 1. The largest absolute Gasteiger partial charge is 0.309 e. The average Bonchev–Trinajstić information content (AvgIpc) is 2.20. The molecular weight excluding hydrogens is 241 g/mol. The second-order valence-electron chi connectivity index (χ2n) is 4.31. The molecular formula is C12H18FNO2S. The molecule has 0 heterocycles. The van der Waals surface area contributed by atoms with Gasteiger partial charge in [-0.1, -0.05) is 12.1 Å². The molecule has 96 valence electrons. The predicted octanol–water partition coefficient (Wildman–Crippen LogP) is 1.83. The first kappa shape index (κ1) is 14.1. The van der Waals surface area contributed by atoms with E-state index in [1.54, 1.807) is 13.0 Å². The van der Waals surface area contributed by atoms with Crippen molar-refractivity contribution in [2.75, 3.05) is 18.6 Å². The van der Waals surface area contributed by atoms with E-state index in [1.165, 1.54) is 12.3 Å². The Balaban J connectivity index is 2.58. The zero-order valence-corrected chi connectivity index (χ0v) is 11.1. The van der Waals surface area contributed by atoms with E-state index in [0.717, 1.165) is 5.56 Å². The van der Waals surface area contributed by atoms with Crippen molar-refractivity contribution in [3.05, 3.63) is 35.1 Å². The van der Waals surface area contributed by atoms with Gasteiger partial charge >= 0.3 is 0 Å². The van der Waals surface area contributed by atoms with Crippen LogP contribution in [0.3, 0.4) is 0 Å². The molecule has 17 heavy (non-hydrogen) atoms. The molecule has 1 unspecified atom stereocenters. The van der Waals surface area contributed by atoms with Crippen molar-refractivity contribution in [3.63, 3.8) is 0 Å². The maximum absolute atomic E-state index is 13.3. The average molecular weight is 259 g/mol. The van der Waals surface area contributed by atoms with E-state index >= 15 is 0 Å². The molecule has 0 fully saturated rings. The van der Waals surface area contributed by atoms with Gasteiger partial charge in [0.25, 0.3) is 0 Å². The van der Waals surface area contributed by atoms with Crippen LogP contribution in [-0.2, 0) is 9.84 Å². The van der Waals surface area contributed by atoms with Crippen LogP contribution < -0.4 is 5.32 Å². The van der Waals surface area contributed by atoms with Crippen molar-refractivity contribution in [1.82, 2.24) is 5.32 Å². The molecule has 0 amide bonds. The van der Waals surface area contributed by atoms with Crippen LogP contribution in [-0.4, -0.2) is 27.0 Å². The summed E-state index contributed by atoms with van der Waals surface area (Å²) in [6.07, 6.45) is 1.20. The van der Waals surface area contributed by atoms with E-state index in [9.17, 15) is 12.8 Å². The Morgan fingerprint density at radius 2 is 2.06 bits per heavy atom. The first-order chi connectivity index (χ1) is 7.79. The van der Waals surface area contributed by atoms with E-state index in [1.807, 2.05) is 13.0 Å². The van der Waals surface area contributed by atoms with Gasteiger partial charge in [0.15, 0.2) is 0 Å². The van der Waals surface area contributed by atoms with Crippen molar-refractivity contribution < 1.29 is 12.8 Å². The Labute approximate surface area is 102 Å². The fourth-order valence-corrected chi connectivity index (χ4v) is 1.95. The summed E-state index contributed by atoms with van der Waals surface area (Å²) in [4.78, 5) is 0. The van der Waals surface area contributed by atoms with Crippen LogP contribution >= 0.6 is 0 Å². The van der Waals surface area contributed by atoms with Crippen molar-refractivity contribution in [2.24, 2.45) is 0 Å². The van der Waals surface area contributed by atoms with Crippen LogP contribution in [0.4, 0.5) is 4.39 Å². The molecule has 1 aromatic carbocycles. The molecule has 3 nitrogen and oxygen atoms in total. The molecule has 1 atom stereocenters. The van der Waals surface area contributed by atoms with Gasteiger partial charge in [0.1, 0.15) is 15.7 Å². The molecule has 0 bridgehead atoms. The monoisotopic (exact) mass is 259 g/mol. The summed E-state index contributed by atoms with van der Waals surface area (Å²) in [5, 5.41) is 3.06. The lowest BCUT2D eigenvalue weighted by Gasteiger charge is -2.14. The highest BCUT2D eigenvalue weighted by Gasteiger charge is 2.08. The molecule has 0 saturated heterocycles. The highest BCUT2D eigenvalue weighted by Crippen LogP contribution is 2.15. The van der Waals surface area contributed by atoms with Gasteiger partial charge in [-0.15, -0.1) is 0 Å². The van der Waals surface area contributed by atoms with Gasteiger partial charge in [0.2, 0.25) is 0 Å². The van der Waals surface area contributed by atoms with Gasteiger partial charge in [0.05, 0.1) is 5.75 Å². The van der Waals surface area contributed by atoms with Crippen LogP contribution in [0.2, 0.25) is 0 Å². The SMILES string of the molecule is Cc1ccc(C(C)NCCS(C)(=O)=O)cc1F. The first-order valence-corrected chi connectivity index (χ1v) is 7.53. The molecule has 0 aliphatic carbocycles. The zero-order valence-electron chi connectivity index (χ0n) is 10.3. The summed E-state index contributed by atoms with van der Waals surface area (Å²) in [6.45, 7) is 3.96. The quantitative estimate of drug-likeness (QED) is 0.877. The Morgan fingerprint density at radius 3 is 2.59 bits per heavy atom. The van der Waals surface area contributed by atoms with Crippen LogP contribution in [0, 0.1) is 12.7 Å². The molecule has 0 aliphatic heterocycles. The van der Waals surface area contributed by atoms with Gasteiger partial charge < -0.3 is 5.32 Å². The summed E-state index contributed by atoms with van der Waals surface area (Å²) < 4.78 is 35.2. The van der Waals surface area contributed by atoms with E-state index in [-0.39, 0.29) is 17.6 Å². The minimum absolute atomic E-state index is 0.0631. The second kappa shape index (κ2) is 5.60. The minimum atomic E-state index is -2.95. The topological polar surface area (TPSA) is 46.2 Å². The third-order valence-corrected chi connectivity index (χ3v) is 3.56. The number of hydrogen-bond donors (Lipinski definition) is 1. The maximum atomic E-state index is 13.3. The van der Waals surface area contributed by atoms with Crippen molar-refractivity contribution in [3.8, 4) is 0 Å². The van der Waals surface area contributed by atoms with Crippen LogP contribution in [0.1, 0.15) is 24.1 Å². The third kappa shape index (κ3) is 4.83. The lowest BCUT2D eigenvalue weighted by atomic mass is 10.1. The molecule has 1 aromatic rings. The number of hydrogen-bond acceptors (Lipinski definition) is 3. The van der Waals surface area contributed by atoms with Gasteiger partial charge in [-0.3, -0.25) is 0 Å². The number of halogens is 1. The lowest BCUT2D eigenvalue weighted by Crippen LogP contribution is -2.25. The number of sulfone groups is 1. The lowest BCUT2D eigenvalue weighted by molar-refractivity contribution is 0.568. The third-order valence-electron chi connectivity index (χ3n) is 2.62. The standard InChI is InChI=1S/C12H18FNO2S/c1-9-4-5-11(8-12(9)13)10(2)14-6-7-17(3,15)16/h4-5,8,10,14H,6-7H2,1-3H3. The Hall–Kier alpha value is -0.940. The smallest absolute Gasteiger partial charge is 0.148 e. The molecule has 0 aromatic heterocycles. The van der Waals surface area contributed by atoms with Gasteiger partial charge in [-0.25, -0.2) is 12.8 Å². The highest BCUT2D eigenvalue weighted by molar-refractivity contribution is 7.90. The summed E-state index contributed by atoms with van der Waals surface area (Å²) in [5.74, 6) is -0.148. The molecule has 1 N–H and O–H groups in total. The van der Waals surface area contributed by atoms with E-state index < -0.39 is 9.84 Å². The van der Waals surface area contributed by atoms with Gasteiger partial charge in [-0.2, -0.15) is 0 Å². The van der Waals surface area contributed by atoms with Crippen LogP contribution in [0.15, 0.2) is 18.2 Å². The van der Waals surface area contributed by atoms with Crippen molar-refractivity contribution in [1.29, 1.82) is 0 Å². The first-order valence-electron chi connectivity index (χ1n) is 5.47. The van der Waals surface area contributed by atoms with E-state index in [4.69, 9.17) is 0 Å². The number of benzene rings is 1. The van der Waals surface area contributed by atoms with Crippen LogP contribution in [0.25, 0.3) is 0 Å². The normalized spacial score (nSPS) is 13.6. The van der Waals surface area contributed by atoms with Gasteiger partial charge in [-0.05, 0) is 31.0 Å². The molecule has 0 saturated carbocycles. The molecule has 1 rings (SSSR count). The van der Waals surface area contributed by atoms with E-state index in [2.05, 4.69) is 5.32 Å². The fourth-order valence-electron chi connectivity index (χ4n) is 1.46. The van der Waals surface area contributed by atoms with Crippen molar-refractivity contribution >= 4 is 9.84 Å². The minimum Gasteiger partial charge on any atom is -0.309 e. The Morgan fingerprint density at radius 1 is 1.41 bits per heavy atom. The molecule has 0 aliphatic rings. The highest BCUT2D eigenvalue weighted by atomic mass is 32.2. The number of nitrogens with one attached hydrogen (secondary N) is 1. The van der Waals surface area contributed by atoms with E-state index in [0.29, 0.717) is 12.1 Å². The molecule has 0 radical (unpaired) electrons. The van der Waals surface area contributed by atoms with Gasteiger partial charge in [0, 0.05) is 18.8 Å².